The van der Waals surface area contributed by atoms with Crippen molar-refractivity contribution in [3.8, 4) is 0 Å². The van der Waals surface area contributed by atoms with Crippen molar-refractivity contribution in [3.05, 3.63) is 34.9 Å². The molecule has 0 spiro atoms. The van der Waals surface area contributed by atoms with Crippen LogP contribution in [0.2, 0.25) is 5.02 Å². The van der Waals surface area contributed by atoms with Gasteiger partial charge in [0.15, 0.2) is 0 Å². The Morgan fingerprint density at radius 1 is 1.23 bits per heavy atom. The first-order valence-corrected chi connectivity index (χ1v) is 11.1. The molecule has 3 aliphatic heterocycles. The minimum Gasteiger partial charge on any atom is -0.481 e. The second-order valence-electron chi connectivity index (χ2n) is 9.06. The standard InChI is InChI=1S/C22H30ClN5O2/c1-22(21(29)30)9-6-18(12-15-2-4-16(23)5-3-15)28(14-22)17-7-10-27(11-8-17)20-13-19(24)25-26-20/h2-5,17-18H,6-14H2,1H3,(H2,24,25)(H,29,30)/t18-,22?/m1/s1. The van der Waals surface area contributed by atoms with Gasteiger partial charge in [-0.1, -0.05) is 23.7 Å². The summed E-state index contributed by atoms with van der Waals surface area (Å²) in [5, 5.41) is 18.7. The van der Waals surface area contributed by atoms with Gasteiger partial charge in [-0.3, -0.25) is 9.69 Å². The number of nitrogens with zero attached hydrogens (tertiary/aromatic N) is 4. The predicted octanol–water partition coefficient (Wildman–Crippen LogP) is 2.98. The molecular formula is C22H30ClN5O2. The lowest BCUT2D eigenvalue weighted by molar-refractivity contribution is -0.153. The smallest absolute Gasteiger partial charge is 0.310 e. The maximum atomic E-state index is 12.0. The number of carbonyl (C=O) groups is 1. The fourth-order valence-corrected chi connectivity index (χ4v) is 5.09. The Kier molecular flexibility index (Phi) is 6.02. The minimum absolute atomic E-state index is 0.345. The van der Waals surface area contributed by atoms with Gasteiger partial charge in [-0.25, -0.2) is 0 Å². The fraction of sp³-hybridized carbons (Fsp3) is 0.591. The lowest BCUT2D eigenvalue weighted by atomic mass is 9.77. The zero-order valence-corrected chi connectivity index (χ0v) is 18.2. The molecule has 0 radical (unpaired) electrons. The van der Waals surface area contributed by atoms with Gasteiger partial charge in [-0.2, -0.15) is 0 Å². The molecule has 2 atom stereocenters. The summed E-state index contributed by atoms with van der Waals surface area (Å²) < 4.78 is 0. The van der Waals surface area contributed by atoms with Crippen molar-refractivity contribution in [1.82, 2.24) is 9.80 Å². The highest BCUT2D eigenvalue weighted by Crippen LogP contribution is 2.37. The van der Waals surface area contributed by atoms with Crippen molar-refractivity contribution in [1.29, 1.82) is 0 Å². The Bertz CT molecular complexity index is 848. The van der Waals surface area contributed by atoms with Crippen molar-refractivity contribution in [2.45, 2.75) is 57.5 Å². The molecule has 0 bridgehead atoms. The molecule has 8 heteroatoms. The van der Waals surface area contributed by atoms with Crippen LogP contribution in [0.4, 0.5) is 0 Å². The first-order chi connectivity index (χ1) is 14.3. The van der Waals surface area contributed by atoms with Crippen LogP contribution in [0, 0.1) is 5.41 Å². The number of amidine groups is 2. The van der Waals surface area contributed by atoms with Gasteiger partial charge in [0.25, 0.3) is 0 Å². The second kappa shape index (κ2) is 8.55. The van der Waals surface area contributed by atoms with Gasteiger partial charge in [-0.05, 0) is 56.7 Å². The molecule has 3 aliphatic rings. The van der Waals surface area contributed by atoms with Crippen molar-refractivity contribution in [2.75, 3.05) is 19.6 Å². The van der Waals surface area contributed by atoms with Gasteiger partial charge >= 0.3 is 5.97 Å². The van der Waals surface area contributed by atoms with Crippen LogP contribution in [-0.2, 0) is 11.2 Å². The maximum Gasteiger partial charge on any atom is 0.310 e. The van der Waals surface area contributed by atoms with E-state index in [1.165, 1.54) is 5.56 Å². The Labute approximate surface area is 182 Å². The van der Waals surface area contributed by atoms with Gasteiger partial charge in [0.05, 0.1) is 11.8 Å². The van der Waals surface area contributed by atoms with Crippen molar-refractivity contribution in [2.24, 2.45) is 21.4 Å². The zero-order valence-electron chi connectivity index (χ0n) is 17.4. The summed E-state index contributed by atoms with van der Waals surface area (Å²) in [7, 11) is 0. The van der Waals surface area contributed by atoms with Crippen LogP contribution >= 0.6 is 11.6 Å². The first kappa shape index (κ1) is 21.1. The van der Waals surface area contributed by atoms with Crippen molar-refractivity contribution < 1.29 is 9.90 Å². The van der Waals surface area contributed by atoms with E-state index in [2.05, 4.69) is 32.1 Å². The van der Waals surface area contributed by atoms with E-state index < -0.39 is 11.4 Å². The first-order valence-electron chi connectivity index (χ1n) is 10.7. The third-order valence-corrected chi connectivity index (χ3v) is 7.11. The van der Waals surface area contributed by atoms with E-state index >= 15 is 0 Å². The highest BCUT2D eigenvalue weighted by molar-refractivity contribution is 6.30. The number of carboxylic acid groups (broad SMARTS) is 1. The molecule has 7 nitrogen and oxygen atoms in total. The molecule has 0 aromatic heterocycles. The summed E-state index contributed by atoms with van der Waals surface area (Å²) in [5.74, 6) is 0.837. The average Bonchev–Trinajstić information content (AvgIpc) is 3.17. The third kappa shape index (κ3) is 4.47. The van der Waals surface area contributed by atoms with Crippen LogP contribution in [0.3, 0.4) is 0 Å². The van der Waals surface area contributed by atoms with E-state index in [4.69, 9.17) is 17.3 Å². The number of hydrogen-bond acceptors (Lipinski definition) is 6. The lowest BCUT2D eigenvalue weighted by Gasteiger charge is -2.49. The number of carboxylic acids is 1. The molecular weight excluding hydrogens is 402 g/mol. The largest absolute Gasteiger partial charge is 0.481 e. The molecule has 30 heavy (non-hydrogen) atoms. The van der Waals surface area contributed by atoms with Crippen molar-refractivity contribution >= 4 is 29.2 Å². The summed E-state index contributed by atoms with van der Waals surface area (Å²) in [6.45, 7) is 4.30. The summed E-state index contributed by atoms with van der Waals surface area (Å²) in [6, 6.07) is 8.74. The predicted molar refractivity (Wildman–Crippen MR) is 119 cm³/mol. The van der Waals surface area contributed by atoms with Gasteiger partial charge < -0.3 is 15.7 Å². The Hall–Kier alpha value is -2.12. The molecule has 0 amide bonds. The normalized spacial score (nSPS) is 28.3. The molecule has 1 unspecified atom stereocenters. The molecule has 162 valence electrons. The van der Waals surface area contributed by atoms with E-state index in [-0.39, 0.29) is 0 Å². The molecule has 1 aromatic carbocycles. The van der Waals surface area contributed by atoms with Gasteiger partial charge in [-0.15, -0.1) is 10.2 Å². The number of benzene rings is 1. The second-order valence-corrected chi connectivity index (χ2v) is 9.50. The number of halogens is 1. The van der Waals surface area contributed by atoms with Crippen LogP contribution < -0.4 is 5.73 Å². The van der Waals surface area contributed by atoms with E-state index in [1.807, 2.05) is 19.1 Å². The van der Waals surface area contributed by atoms with E-state index in [0.29, 0.717) is 37.3 Å². The summed E-state index contributed by atoms with van der Waals surface area (Å²) in [5.41, 5.74) is 6.33. The molecule has 0 aliphatic carbocycles. The number of aliphatic carboxylic acids is 1. The molecule has 0 saturated carbocycles. The van der Waals surface area contributed by atoms with Crippen LogP contribution in [0.25, 0.3) is 0 Å². The molecule has 1 aromatic rings. The molecule has 3 N–H and O–H groups in total. The van der Waals surface area contributed by atoms with E-state index in [0.717, 1.165) is 49.6 Å². The SMILES string of the molecule is CC1(C(=O)O)CC[C@H](Cc2ccc(Cl)cc2)N(C2CCN(C3=NN=C(N)C3)CC2)C1. The number of hydrogen-bond donors (Lipinski definition) is 2. The monoisotopic (exact) mass is 431 g/mol. The fourth-order valence-electron chi connectivity index (χ4n) is 4.96. The average molecular weight is 432 g/mol. The molecule has 2 fully saturated rings. The molecule has 2 saturated heterocycles. The Morgan fingerprint density at radius 3 is 2.53 bits per heavy atom. The molecule has 4 rings (SSSR count). The Balaban J connectivity index is 1.46. The number of piperidine rings is 2. The third-order valence-electron chi connectivity index (χ3n) is 6.86. The highest BCUT2D eigenvalue weighted by atomic mass is 35.5. The van der Waals surface area contributed by atoms with Gasteiger partial charge in [0.1, 0.15) is 11.7 Å². The minimum atomic E-state index is -0.692. The lowest BCUT2D eigenvalue weighted by Crippen LogP contribution is -2.57. The van der Waals surface area contributed by atoms with Crippen LogP contribution in [0.5, 0.6) is 0 Å². The Morgan fingerprint density at radius 2 is 1.93 bits per heavy atom. The van der Waals surface area contributed by atoms with Gasteiger partial charge in [0, 0.05) is 36.7 Å². The van der Waals surface area contributed by atoms with Crippen LogP contribution in [0.1, 0.15) is 44.6 Å². The maximum absolute atomic E-state index is 12.0. The summed E-state index contributed by atoms with van der Waals surface area (Å²) >= 11 is 6.05. The number of rotatable bonds is 4. The quantitative estimate of drug-likeness (QED) is 0.764. The zero-order chi connectivity index (χ0) is 21.3. The van der Waals surface area contributed by atoms with Gasteiger partial charge in [0.2, 0.25) is 0 Å². The topological polar surface area (TPSA) is 94.5 Å². The number of nitrogens with two attached hydrogens (primary N) is 1. The molecule has 3 heterocycles. The summed E-state index contributed by atoms with van der Waals surface area (Å²) in [6.07, 6.45) is 5.14. The van der Waals surface area contributed by atoms with Crippen LogP contribution in [-0.4, -0.2) is 64.3 Å². The number of likely N-dealkylation sites (tertiary alicyclic amines) is 2. The van der Waals surface area contributed by atoms with Crippen LogP contribution in [0.15, 0.2) is 34.5 Å². The van der Waals surface area contributed by atoms with Crippen molar-refractivity contribution in [3.63, 3.8) is 0 Å². The van der Waals surface area contributed by atoms with E-state index in [9.17, 15) is 9.90 Å². The van der Waals surface area contributed by atoms with E-state index in [1.54, 1.807) is 0 Å². The highest BCUT2D eigenvalue weighted by Gasteiger charge is 2.44. The summed E-state index contributed by atoms with van der Waals surface area (Å²) in [4.78, 5) is 16.7.